The summed E-state index contributed by atoms with van der Waals surface area (Å²) in [5, 5.41) is 23.3. The van der Waals surface area contributed by atoms with Gasteiger partial charge in [0.15, 0.2) is 0 Å². The van der Waals surface area contributed by atoms with Gasteiger partial charge < -0.3 is 20.3 Å². The fraction of sp³-hybridized carbons (Fsp3) is 0.910. The van der Waals surface area contributed by atoms with Crippen molar-refractivity contribution in [1.29, 1.82) is 0 Å². The highest BCUT2D eigenvalue weighted by Gasteiger charge is 2.20. The van der Waals surface area contributed by atoms with E-state index in [9.17, 15) is 19.8 Å². The predicted octanol–water partition coefficient (Wildman–Crippen LogP) is 21.0. The summed E-state index contributed by atoms with van der Waals surface area (Å²) in [4.78, 5) is 24.6. The molecule has 0 saturated carbocycles. The number of ether oxygens (including phenoxy) is 1. The van der Waals surface area contributed by atoms with Crippen molar-refractivity contribution in [2.24, 2.45) is 0 Å². The summed E-state index contributed by atoms with van der Waals surface area (Å²) in [6, 6.07) is -0.542. The Morgan fingerprint density at radius 3 is 1.05 bits per heavy atom. The van der Waals surface area contributed by atoms with Crippen LogP contribution in [0.4, 0.5) is 0 Å². The molecule has 0 rings (SSSR count). The van der Waals surface area contributed by atoms with E-state index in [1.54, 1.807) is 0 Å². The lowest BCUT2D eigenvalue weighted by molar-refractivity contribution is -0.143. The van der Waals surface area contributed by atoms with Crippen LogP contribution < -0.4 is 5.32 Å². The Balaban J connectivity index is 3.38. The number of amides is 1. The van der Waals surface area contributed by atoms with Crippen molar-refractivity contribution < 1.29 is 24.5 Å². The number of rotatable bonds is 62. The number of carbonyl (C=O) groups excluding carboxylic acids is 2. The lowest BCUT2D eigenvalue weighted by Gasteiger charge is -2.22. The highest BCUT2D eigenvalue weighted by molar-refractivity contribution is 5.76. The molecule has 0 heterocycles. The van der Waals surface area contributed by atoms with E-state index in [1.165, 1.54) is 283 Å². The van der Waals surface area contributed by atoms with Crippen LogP contribution in [0, 0.1) is 0 Å². The second-order valence-corrected chi connectivity index (χ2v) is 22.8. The Hall–Kier alpha value is -1.66. The molecule has 0 aromatic heterocycles. The van der Waals surface area contributed by atoms with Crippen LogP contribution in [-0.4, -0.2) is 47.4 Å². The largest absolute Gasteiger partial charge is 0.466 e. The minimum Gasteiger partial charge on any atom is -0.466 e. The van der Waals surface area contributed by atoms with Gasteiger partial charge in [-0.15, -0.1) is 0 Å². The summed E-state index contributed by atoms with van der Waals surface area (Å²) in [5.41, 5.74) is 0. The lowest BCUT2D eigenvalue weighted by Crippen LogP contribution is -2.45. The monoisotopic (exact) mass is 1030 g/mol. The average Bonchev–Trinajstić information content (AvgIpc) is 3.39. The maximum Gasteiger partial charge on any atom is 0.305 e. The topological polar surface area (TPSA) is 95.9 Å². The van der Waals surface area contributed by atoms with E-state index in [0.29, 0.717) is 25.9 Å². The molecule has 6 nitrogen and oxygen atoms in total. The van der Waals surface area contributed by atoms with Crippen LogP contribution in [0.5, 0.6) is 0 Å². The van der Waals surface area contributed by atoms with Gasteiger partial charge in [0.1, 0.15) is 0 Å². The summed E-state index contributed by atoms with van der Waals surface area (Å²) in [7, 11) is 0. The second kappa shape index (κ2) is 62.9. The van der Waals surface area contributed by atoms with Gasteiger partial charge >= 0.3 is 5.97 Å². The Morgan fingerprint density at radius 2 is 0.685 bits per heavy atom. The first-order valence-corrected chi connectivity index (χ1v) is 33.1. The quantitative estimate of drug-likeness (QED) is 0.0320. The molecule has 432 valence electrons. The fourth-order valence-electron chi connectivity index (χ4n) is 10.4. The zero-order chi connectivity index (χ0) is 52.9. The summed E-state index contributed by atoms with van der Waals surface area (Å²) in [6.07, 6.45) is 77.7. The van der Waals surface area contributed by atoms with Gasteiger partial charge in [-0.3, -0.25) is 9.59 Å². The molecule has 0 radical (unpaired) electrons. The van der Waals surface area contributed by atoms with Gasteiger partial charge in [-0.05, 0) is 57.8 Å². The van der Waals surface area contributed by atoms with Gasteiger partial charge in [-0.2, -0.15) is 0 Å². The minimum atomic E-state index is -0.665. The second-order valence-electron chi connectivity index (χ2n) is 22.8. The summed E-state index contributed by atoms with van der Waals surface area (Å²) >= 11 is 0. The van der Waals surface area contributed by atoms with E-state index < -0.39 is 12.1 Å². The molecule has 0 bridgehead atoms. The Bertz CT molecular complexity index is 1140. The highest BCUT2D eigenvalue weighted by Crippen LogP contribution is 2.18. The van der Waals surface area contributed by atoms with E-state index in [4.69, 9.17) is 4.74 Å². The van der Waals surface area contributed by atoms with Crippen LogP contribution in [-0.2, 0) is 14.3 Å². The standard InChI is InChI=1S/C67H129NO5/c1-3-5-7-9-11-13-15-17-19-21-29-33-37-41-45-49-53-57-61-67(72)73-62-58-54-50-46-42-38-34-30-26-24-22-23-25-28-32-36-40-44-48-52-56-60-66(71)68-64(63-69)65(70)59-55-51-47-43-39-35-31-27-20-18-16-14-12-10-8-6-4-2/h13,15,19,21,64-65,69-70H,3-12,14,16-18,20,22-63H2,1-2H3,(H,68,71)/b15-13-,21-19-. The van der Waals surface area contributed by atoms with E-state index in [2.05, 4.69) is 43.5 Å². The first kappa shape index (κ1) is 71.3. The number of unbranched alkanes of at least 4 members (excludes halogenated alkanes) is 47. The molecule has 2 unspecified atom stereocenters. The van der Waals surface area contributed by atoms with E-state index >= 15 is 0 Å². The molecule has 0 fully saturated rings. The average molecular weight is 1030 g/mol. The van der Waals surface area contributed by atoms with Gasteiger partial charge in [0.2, 0.25) is 5.91 Å². The molecule has 73 heavy (non-hydrogen) atoms. The zero-order valence-electron chi connectivity index (χ0n) is 49.4. The van der Waals surface area contributed by atoms with Crippen molar-refractivity contribution in [2.75, 3.05) is 13.2 Å². The number of hydrogen-bond acceptors (Lipinski definition) is 5. The van der Waals surface area contributed by atoms with Gasteiger partial charge in [0, 0.05) is 12.8 Å². The molecule has 0 aliphatic heterocycles. The van der Waals surface area contributed by atoms with Crippen LogP contribution in [0.1, 0.15) is 367 Å². The SMILES string of the molecule is CCCCCC/C=C\C/C=C\CCCCCCCCCC(=O)OCCCCCCCCCCCCCCCCCCCCCCCC(=O)NC(CO)C(O)CCCCCCCCCCCCCCCCCCC. The first-order valence-electron chi connectivity index (χ1n) is 33.1. The van der Waals surface area contributed by atoms with Crippen molar-refractivity contribution in [2.45, 2.75) is 379 Å². The summed E-state index contributed by atoms with van der Waals surface area (Å²) < 4.78 is 5.50. The molecule has 0 spiro atoms. The molecule has 0 aliphatic carbocycles. The van der Waals surface area contributed by atoms with Crippen molar-refractivity contribution in [3.05, 3.63) is 24.3 Å². The Morgan fingerprint density at radius 1 is 0.384 bits per heavy atom. The molecule has 3 N–H and O–H groups in total. The van der Waals surface area contributed by atoms with Crippen molar-refractivity contribution in [3.8, 4) is 0 Å². The fourth-order valence-corrected chi connectivity index (χ4v) is 10.4. The third-order valence-corrected chi connectivity index (χ3v) is 15.5. The molecular formula is C67H129NO5. The van der Waals surface area contributed by atoms with E-state index in [1.807, 2.05) is 0 Å². The zero-order valence-corrected chi connectivity index (χ0v) is 49.4. The number of nitrogens with one attached hydrogen (secondary N) is 1. The normalized spacial score (nSPS) is 12.7. The number of aliphatic hydroxyl groups excluding tert-OH is 2. The third-order valence-electron chi connectivity index (χ3n) is 15.5. The maximum atomic E-state index is 12.5. The smallest absolute Gasteiger partial charge is 0.305 e. The minimum absolute atomic E-state index is 0.00544. The summed E-state index contributed by atoms with van der Waals surface area (Å²) in [6.45, 7) is 4.96. The molecule has 0 saturated heterocycles. The molecule has 2 atom stereocenters. The molecule has 0 aliphatic rings. The maximum absolute atomic E-state index is 12.5. The van der Waals surface area contributed by atoms with Crippen LogP contribution in [0.3, 0.4) is 0 Å². The molecular weight excluding hydrogens is 899 g/mol. The van der Waals surface area contributed by atoms with Crippen molar-refractivity contribution in [3.63, 3.8) is 0 Å². The first-order chi connectivity index (χ1) is 36.0. The molecule has 6 heteroatoms. The Labute approximate surface area is 456 Å². The number of hydrogen-bond donors (Lipinski definition) is 3. The van der Waals surface area contributed by atoms with E-state index in [0.717, 1.165) is 51.4 Å². The molecule has 0 aromatic rings. The van der Waals surface area contributed by atoms with E-state index in [-0.39, 0.29) is 18.5 Å². The third kappa shape index (κ3) is 59.4. The number of aliphatic hydroxyl groups is 2. The van der Waals surface area contributed by atoms with Crippen LogP contribution >= 0.6 is 0 Å². The molecule has 1 amide bonds. The number of carbonyl (C=O) groups is 2. The van der Waals surface area contributed by atoms with Crippen LogP contribution in [0.25, 0.3) is 0 Å². The van der Waals surface area contributed by atoms with Gasteiger partial charge in [0.25, 0.3) is 0 Å². The van der Waals surface area contributed by atoms with Gasteiger partial charge in [0.05, 0.1) is 25.4 Å². The van der Waals surface area contributed by atoms with Crippen LogP contribution in [0.2, 0.25) is 0 Å². The van der Waals surface area contributed by atoms with Crippen molar-refractivity contribution in [1.82, 2.24) is 5.32 Å². The van der Waals surface area contributed by atoms with Crippen LogP contribution in [0.15, 0.2) is 24.3 Å². The number of allylic oxidation sites excluding steroid dienone is 4. The van der Waals surface area contributed by atoms with Gasteiger partial charge in [-0.1, -0.05) is 321 Å². The predicted molar refractivity (Wildman–Crippen MR) is 320 cm³/mol. The lowest BCUT2D eigenvalue weighted by atomic mass is 10.0. The summed E-state index contributed by atoms with van der Waals surface area (Å²) in [5.74, 6) is -0.0276. The molecule has 0 aromatic carbocycles. The number of esters is 1. The van der Waals surface area contributed by atoms with Gasteiger partial charge in [-0.25, -0.2) is 0 Å². The Kier molecular flexibility index (Phi) is 61.4. The highest BCUT2D eigenvalue weighted by atomic mass is 16.5. The van der Waals surface area contributed by atoms with Crippen molar-refractivity contribution >= 4 is 11.9 Å².